The first-order valence-corrected chi connectivity index (χ1v) is 12.3. The molecule has 3 aromatic rings. The van der Waals surface area contributed by atoms with Crippen molar-refractivity contribution in [2.24, 2.45) is 0 Å². The Balaban J connectivity index is 1.56. The first-order valence-electron chi connectivity index (χ1n) is 10.0. The monoisotopic (exact) mass is 522 g/mol. The molecular weight excluding hydrogens is 500 g/mol. The topological polar surface area (TPSA) is 103 Å². The summed E-state index contributed by atoms with van der Waals surface area (Å²) >= 11 is 3.30. The van der Waals surface area contributed by atoms with Gasteiger partial charge in [-0.1, -0.05) is 15.9 Å². The van der Waals surface area contributed by atoms with Gasteiger partial charge in [0.05, 0.1) is 30.7 Å². The molecule has 4 rings (SSSR count). The minimum absolute atomic E-state index is 0.127. The molecule has 0 spiro atoms. The second-order valence-corrected chi connectivity index (χ2v) is 9.70. The van der Waals surface area contributed by atoms with Crippen molar-refractivity contribution in [3.8, 4) is 11.5 Å². The van der Waals surface area contributed by atoms with Gasteiger partial charge in [0, 0.05) is 35.6 Å². The first-order chi connectivity index (χ1) is 15.5. The third-order valence-electron chi connectivity index (χ3n) is 5.04. The number of fused-ring (bicyclic) bond motifs is 1. The number of rotatable bonds is 8. The fourth-order valence-corrected chi connectivity index (χ4v) is 4.62. The zero-order chi connectivity index (χ0) is 22.6. The Labute approximate surface area is 194 Å². The lowest BCUT2D eigenvalue weighted by Gasteiger charge is -2.26. The Bertz CT molecular complexity index is 1180. The summed E-state index contributed by atoms with van der Waals surface area (Å²) in [6.45, 7) is 4.48. The van der Waals surface area contributed by atoms with Crippen molar-refractivity contribution < 1.29 is 22.6 Å². The van der Waals surface area contributed by atoms with E-state index in [0.717, 1.165) is 37.3 Å². The summed E-state index contributed by atoms with van der Waals surface area (Å²) in [7, 11) is -2.29. The normalized spacial score (nSPS) is 14.9. The van der Waals surface area contributed by atoms with Crippen LogP contribution in [-0.4, -0.2) is 69.9 Å². The van der Waals surface area contributed by atoms with E-state index in [4.69, 9.17) is 14.2 Å². The van der Waals surface area contributed by atoms with Crippen LogP contribution >= 0.6 is 15.9 Å². The Morgan fingerprint density at radius 3 is 2.59 bits per heavy atom. The molecule has 1 aliphatic rings. The van der Waals surface area contributed by atoms with Crippen LogP contribution in [0.4, 0.5) is 5.82 Å². The van der Waals surface area contributed by atoms with E-state index < -0.39 is 10.0 Å². The van der Waals surface area contributed by atoms with Gasteiger partial charge in [0.25, 0.3) is 10.0 Å². The molecule has 170 valence electrons. The number of nitrogens with zero attached hydrogens (tertiary/aromatic N) is 3. The van der Waals surface area contributed by atoms with Gasteiger partial charge < -0.3 is 14.2 Å². The minimum atomic E-state index is -3.83. The van der Waals surface area contributed by atoms with Crippen molar-refractivity contribution in [1.29, 1.82) is 0 Å². The second-order valence-electron chi connectivity index (χ2n) is 7.10. The molecule has 11 heteroatoms. The zero-order valence-electron chi connectivity index (χ0n) is 17.5. The third kappa shape index (κ3) is 5.29. The molecule has 1 N–H and O–H groups in total. The van der Waals surface area contributed by atoms with Crippen molar-refractivity contribution in [3.63, 3.8) is 0 Å². The van der Waals surface area contributed by atoms with Crippen LogP contribution in [0.5, 0.6) is 11.5 Å². The number of sulfonamides is 1. The molecule has 32 heavy (non-hydrogen) atoms. The predicted octanol–water partition coefficient (Wildman–Crippen LogP) is 2.91. The van der Waals surface area contributed by atoms with Gasteiger partial charge in [-0.15, -0.1) is 0 Å². The van der Waals surface area contributed by atoms with Gasteiger partial charge in [-0.25, -0.2) is 18.4 Å². The third-order valence-corrected chi connectivity index (χ3v) is 6.93. The lowest BCUT2D eigenvalue weighted by Crippen LogP contribution is -2.38. The number of nitrogens with one attached hydrogen (secondary N) is 1. The highest BCUT2D eigenvalue weighted by Gasteiger charge is 2.19. The lowest BCUT2D eigenvalue weighted by molar-refractivity contribution is 0.0321. The molecule has 1 aromatic heterocycles. The summed E-state index contributed by atoms with van der Waals surface area (Å²) < 4.78 is 45.8. The average molecular weight is 523 g/mol. The molecule has 1 fully saturated rings. The zero-order valence-corrected chi connectivity index (χ0v) is 19.9. The molecule has 0 bridgehead atoms. The first kappa shape index (κ1) is 22.7. The molecule has 0 atom stereocenters. The van der Waals surface area contributed by atoms with Crippen LogP contribution in [0, 0.1) is 0 Å². The van der Waals surface area contributed by atoms with E-state index in [1.807, 2.05) is 0 Å². The van der Waals surface area contributed by atoms with E-state index in [1.165, 1.54) is 25.6 Å². The standard InChI is InChI=1S/C21H23BrN4O5S/c1-29-19-12-17-18(13-20(19)31-11-8-26-6-9-30-10-7-26)23-14-24-21(17)25-32(27,28)16-4-2-15(22)3-5-16/h2-5,12-14H,6-11H2,1H3,(H,23,24,25). The van der Waals surface area contributed by atoms with Gasteiger partial charge in [-0.05, 0) is 30.3 Å². The van der Waals surface area contributed by atoms with Crippen molar-refractivity contribution in [2.45, 2.75) is 4.90 Å². The summed E-state index contributed by atoms with van der Waals surface area (Å²) in [5.74, 6) is 1.17. The van der Waals surface area contributed by atoms with Crippen LogP contribution in [0.25, 0.3) is 10.9 Å². The van der Waals surface area contributed by atoms with E-state index in [-0.39, 0.29) is 10.7 Å². The molecule has 0 saturated carbocycles. The number of methoxy groups -OCH3 is 1. The van der Waals surface area contributed by atoms with Crippen LogP contribution < -0.4 is 14.2 Å². The number of aromatic nitrogens is 2. The highest BCUT2D eigenvalue weighted by molar-refractivity contribution is 9.10. The molecule has 0 aliphatic carbocycles. The van der Waals surface area contributed by atoms with Gasteiger partial charge in [-0.3, -0.25) is 9.62 Å². The number of hydrogen-bond donors (Lipinski definition) is 1. The summed E-state index contributed by atoms with van der Waals surface area (Å²) in [6.07, 6.45) is 1.31. The fourth-order valence-electron chi connectivity index (χ4n) is 3.33. The molecule has 2 aromatic carbocycles. The number of ether oxygens (including phenoxy) is 3. The van der Waals surface area contributed by atoms with Gasteiger partial charge in [0.15, 0.2) is 17.3 Å². The predicted molar refractivity (Wildman–Crippen MR) is 124 cm³/mol. The quantitative estimate of drug-likeness (QED) is 0.481. The van der Waals surface area contributed by atoms with Crippen LogP contribution in [-0.2, 0) is 14.8 Å². The van der Waals surface area contributed by atoms with E-state index >= 15 is 0 Å². The van der Waals surface area contributed by atoms with Crippen LogP contribution in [0.15, 0.2) is 52.1 Å². The summed E-state index contributed by atoms with van der Waals surface area (Å²) in [5, 5.41) is 0.505. The Kier molecular flexibility index (Phi) is 7.09. The minimum Gasteiger partial charge on any atom is -0.493 e. The van der Waals surface area contributed by atoms with Crippen molar-refractivity contribution >= 4 is 42.7 Å². The second kappa shape index (κ2) is 9.99. The van der Waals surface area contributed by atoms with Gasteiger partial charge in [-0.2, -0.15) is 0 Å². The van der Waals surface area contributed by atoms with Gasteiger partial charge >= 0.3 is 0 Å². The number of benzene rings is 2. The van der Waals surface area contributed by atoms with E-state index in [9.17, 15) is 8.42 Å². The molecule has 0 unspecified atom stereocenters. The molecule has 9 nitrogen and oxygen atoms in total. The Morgan fingerprint density at radius 1 is 1.12 bits per heavy atom. The summed E-state index contributed by atoms with van der Waals surface area (Å²) in [6, 6.07) is 9.76. The average Bonchev–Trinajstić information content (AvgIpc) is 2.79. The van der Waals surface area contributed by atoms with Crippen LogP contribution in [0.2, 0.25) is 0 Å². The van der Waals surface area contributed by atoms with Crippen LogP contribution in [0.1, 0.15) is 0 Å². The molecule has 0 amide bonds. The molecule has 1 aliphatic heterocycles. The number of hydrogen-bond acceptors (Lipinski definition) is 8. The maximum absolute atomic E-state index is 12.8. The molecule has 2 heterocycles. The van der Waals surface area contributed by atoms with Crippen LogP contribution in [0.3, 0.4) is 0 Å². The smallest absolute Gasteiger partial charge is 0.263 e. The lowest BCUT2D eigenvalue weighted by atomic mass is 10.2. The van der Waals surface area contributed by atoms with E-state index in [2.05, 4.69) is 35.5 Å². The highest BCUT2D eigenvalue weighted by Crippen LogP contribution is 2.34. The van der Waals surface area contributed by atoms with Gasteiger partial charge in [0.2, 0.25) is 0 Å². The van der Waals surface area contributed by atoms with E-state index in [0.29, 0.717) is 29.0 Å². The molecule has 1 saturated heterocycles. The van der Waals surface area contributed by atoms with E-state index in [1.54, 1.807) is 24.3 Å². The summed E-state index contributed by atoms with van der Waals surface area (Å²) in [5.41, 5.74) is 0.538. The molecule has 0 radical (unpaired) electrons. The van der Waals surface area contributed by atoms with Gasteiger partial charge in [0.1, 0.15) is 12.9 Å². The Hall–Kier alpha value is -2.47. The SMILES string of the molecule is COc1cc2c(NS(=O)(=O)c3ccc(Br)cc3)ncnc2cc1OCCN1CCOCC1. The summed E-state index contributed by atoms with van der Waals surface area (Å²) in [4.78, 5) is 10.8. The Morgan fingerprint density at radius 2 is 1.88 bits per heavy atom. The molecular formula is C21H23BrN4O5S. The maximum Gasteiger partial charge on any atom is 0.263 e. The van der Waals surface area contributed by atoms with Crippen molar-refractivity contribution in [3.05, 3.63) is 47.2 Å². The largest absolute Gasteiger partial charge is 0.493 e. The van der Waals surface area contributed by atoms with Crippen molar-refractivity contribution in [2.75, 3.05) is 51.3 Å². The number of anilines is 1. The number of halogens is 1. The number of morpholine rings is 1. The maximum atomic E-state index is 12.8. The highest BCUT2D eigenvalue weighted by atomic mass is 79.9. The fraction of sp³-hybridized carbons (Fsp3) is 0.333. The van der Waals surface area contributed by atoms with Crippen molar-refractivity contribution in [1.82, 2.24) is 14.9 Å².